The van der Waals surface area contributed by atoms with Gasteiger partial charge in [0.05, 0.1) is 5.69 Å². The molecule has 0 saturated carbocycles. The van der Waals surface area contributed by atoms with Crippen LogP contribution in [0.4, 0.5) is 4.79 Å². The molecule has 2 N–H and O–H groups in total. The van der Waals surface area contributed by atoms with Gasteiger partial charge in [-0.2, -0.15) is 0 Å². The minimum Gasteiger partial charge on any atom is -0.446 e. The van der Waals surface area contributed by atoms with Crippen molar-refractivity contribution in [2.24, 2.45) is 0 Å². The van der Waals surface area contributed by atoms with E-state index in [2.05, 4.69) is 15.6 Å². The van der Waals surface area contributed by atoms with Gasteiger partial charge in [0.2, 0.25) is 0 Å². The summed E-state index contributed by atoms with van der Waals surface area (Å²) in [6, 6.07) is 9.61. The van der Waals surface area contributed by atoms with E-state index in [0.717, 1.165) is 17.0 Å². The van der Waals surface area contributed by atoms with E-state index in [4.69, 9.17) is 4.42 Å². The van der Waals surface area contributed by atoms with Crippen molar-refractivity contribution in [1.29, 1.82) is 0 Å². The highest BCUT2D eigenvalue weighted by molar-refractivity contribution is 5.73. The maximum Gasteiger partial charge on any atom is 0.315 e. The van der Waals surface area contributed by atoms with Gasteiger partial charge in [-0.1, -0.05) is 30.3 Å². The van der Waals surface area contributed by atoms with E-state index in [9.17, 15) is 4.79 Å². The molecule has 1 aromatic heterocycles. The second kappa shape index (κ2) is 6.75. The summed E-state index contributed by atoms with van der Waals surface area (Å²) in [7, 11) is 0. The smallest absolute Gasteiger partial charge is 0.315 e. The van der Waals surface area contributed by atoms with Crippen LogP contribution in [0.2, 0.25) is 0 Å². The summed E-state index contributed by atoms with van der Waals surface area (Å²) in [6.45, 7) is 4.76. The van der Waals surface area contributed by atoms with Crippen molar-refractivity contribution in [3.8, 4) is 0 Å². The van der Waals surface area contributed by atoms with E-state index in [1.165, 1.54) is 0 Å². The standard InChI is InChI=1S/C15H19N3O2/c1-11-14(20-12(2)18-11)8-9-16-15(19)17-10-13-6-4-3-5-7-13/h3-7H,8-10H2,1-2H3,(H2,16,17,19). The predicted molar refractivity (Wildman–Crippen MR) is 76.4 cm³/mol. The van der Waals surface area contributed by atoms with Crippen molar-refractivity contribution in [2.75, 3.05) is 6.54 Å². The van der Waals surface area contributed by atoms with Gasteiger partial charge in [0.1, 0.15) is 5.76 Å². The summed E-state index contributed by atoms with van der Waals surface area (Å²) in [5.74, 6) is 1.48. The van der Waals surface area contributed by atoms with E-state index in [-0.39, 0.29) is 6.03 Å². The van der Waals surface area contributed by atoms with Crippen LogP contribution < -0.4 is 10.6 Å². The van der Waals surface area contributed by atoms with Crippen LogP contribution in [0.5, 0.6) is 0 Å². The van der Waals surface area contributed by atoms with Crippen LogP contribution in [-0.4, -0.2) is 17.6 Å². The Hall–Kier alpha value is -2.30. The average molecular weight is 273 g/mol. The number of rotatable bonds is 5. The molecule has 2 amide bonds. The Morgan fingerprint density at radius 1 is 1.20 bits per heavy atom. The normalized spacial score (nSPS) is 10.3. The Bertz CT molecular complexity index is 564. The zero-order chi connectivity index (χ0) is 14.4. The lowest BCUT2D eigenvalue weighted by Crippen LogP contribution is -2.36. The second-order valence-electron chi connectivity index (χ2n) is 4.59. The predicted octanol–water partition coefficient (Wildman–Crippen LogP) is 2.33. The molecule has 1 heterocycles. The zero-order valence-corrected chi connectivity index (χ0v) is 11.8. The summed E-state index contributed by atoms with van der Waals surface area (Å²) in [4.78, 5) is 15.8. The number of aryl methyl sites for hydroxylation is 2. The van der Waals surface area contributed by atoms with Crippen molar-refractivity contribution >= 4 is 6.03 Å². The molecule has 0 atom stereocenters. The van der Waals surface area contributed by atoms with Gasteiger partial charge in [-0.05, 0) is 12.5 Å². The number of hydrogen-bond donors (Lipinski definition) is 2. The lowest BCUT2D eigenvalue weighted by atomic mass is 10.2. The van der Waals surface area contributed by atoms with Crippen LogP contribution >= 0.6 is 0 Å². The molecule has 0 radical (unpaired) electrons. The molecule has 5 heteroatoms. The number of carbonyl (C=O) groups is 1. The summed E-state index contributed by atoms with van der Waals surface area (Å²) in [6.07, 6.45) is 0.644. The highest BCUT2D eigenvalue weighted by Gasteiger charge is 2.07. The molecule has 1 aromatic carbocycles. The summed E-state index contributed by atoms with van der Waals surface area (Å²) < 4.78 is 5.44. The van der Waals surface area contributed by atoms with Crippen molar-refractivity contribution in [2.45, 2.75) is 26.8 Å². The fourth-order valence-electron chi connectivity index (χ4n) is 1.94. The molecule has 0 aliphatic heterocycles. The Morgan fingerprint density at radius 2 is 1.95 bits per heavy atom. The first-order valence-corrected chi connectivity index (χ1v) is 6.63. The van der Waals surface area contributed by atoms with Crippen LogP contribution in [-0.2, 0) is 13.0 Å². The Balaban J connectivity index is 1.69. The lowest BCUT2D eigenvalue weighted by Gasteiger charge is -2.07. The minimum absolute atomic E-state index is 0.178. The van der Waals surface area contributed by atoms with E-state index >= 15 is 0 Å². The third kappa shape index (κ3) is 4.12. The van der Waals surface area contributed by atoms with Gasteiger partial charge in [-0.15, -0.1) is 0 Å². The van der Waals surface area contributed by atoms with Gasteiger partial charge in [0, 0.05) is 26.4 Å². The minimum atomic E-state index is -0.178. The molecule has 0 aliphatic rings. The topological polar surface area (TPSA) is 67.2 Å². The monoisotopic (exact) mass is 273 g/mol. The Morgan fingerprint density at radius 3 is 2.60 bits per heavy atom. The van der Waals surface area contributed by atoms with Crippen LogP contribution in [0.3, 0.4) is 0 Å². The van der Waals surface area contributed by atoms with Gasteiger partial charge in [-0.25, -0.2) is 9.78 Å². The van der Waals surface area contributed by atoms with Crippen molar-refractivity contribution in [3.63, 3.8) is 0 Å². The Kier molecular flexibility index (Phi) is 4.76. The number of nitrogens with zero attached hydrogens (tertiary/aromatic N) is 1. The molecule has 0 unspecified atom stereocenters. The number of hydrogen-bond acceptors (Lipinski definition) is 3. The molecule has 0 bridgehead atoms. The first-order valence-electron chi connectivity index (χ1n) is 6.63. The molecular formula is C15H19N3O2. The van der Waals surface area contributed by atoms with E-state index in [0.29, 0.717) is 25.4 Å². The molecule has 106 valence electrons. The largest absolute Gasteiger partial charge is 0.446 e. The van der Waals surface area contributed by atoms with Crippen LogP contribution in [0.1, 0.15) is 22.9 Å². The molecule has 20 heavy (non-hydrogen) atoms. The fourth-order valence-corrected chi connectivity index (χ4v) is 1.94. The first kappa shape index (κ1) is 14.1. The number of amides is 2. The van der Waals surface area contributed by atoms with Gasteiger partial charge >= 0.3 is 6.03 Å². The number of benzene rings is 1. The maximum absolute atomic E-state index is 11.6. The number of carbonyl (C=O) groups excluding carboxylic acids is 1. The Labute approximate surface area is 118 Å². The zero-order valence-electron chi connectivity index (χ0n) is 11.8. The number of urea groups is 1. The maximum atomic E-state index is 11.6. The molecule has 2 aromatic rings. The van der Waals surface area contributed by atoms with Gasteiger partial charge in [0.15, 0.2) is 5.89 Å². The highest BCUT2D eigenvalue weighted by atomic mass is 16.4. The molecule has 0 saturated heterocycles. The number of aromatic nitrogens is 1. The van der Waals surface area contributed by atoms with Crippen molar-refractivity contribution in [3.05, 3.63) is 53.2 Å². The van der Waals surface area contributed by atoms with Gasteiger partial charge in [-0.3, -0.25) is 0 Å². The van der Waals surface area contributed by atoms with Gasteiger partial charge < -0.3 is 15.1 Å². The molecular weight excluding hydrogens is 254 g/mol. The summed E-state index contributed by atoms with van der Waals surface area (Å²) in [5, 5.41) is 5.61. The van der Waals surface area contributed by atoms with E-state index in [1.54, 1.807) is 0 Å². The molecule has 0 aliphatic carbocycles. The number of nitrogens with one attached hydrogen (secondary N) is 2. The van der Waals surface area contributed by atoms with Crippen molar-refractivity contribution < 1.29 is 9.21 Å². The fraction of sp³-hybridized carbons (Fsp3) is 0.333. The molecule has 2 rings (SSSR count). The molecule has 0 fully saturated rings. The first-order chi connectivity index (χ1) is 9.65. The second-order valence-corrected chi connectivity index (χ2v) is 4.59. The van der Waals surface area contributed by atoms with Gasteiger partial charge in [0.25, 0.3) is 0 Å². The third-order valence-electron chi connectivity index (χ3n) is 2.93. The SMILES string of the molecule is Cc1nc(C)c(CCNC(=O)NCc2ccccc2)o1. The highest BCUT2D eigenvalue weighted by Crippen LogP contribution is 2.09. The lowest BCUT2D eigenvalue weighted by molar-refractivity contribution is 0.240. The molecule has 5 nitrogen and oxygen atoms in total. The van der Waals surface area contributed by atoms with Crippen molar-refractivity contribution in [1.82, 2.24) is 15.6 Å². The number of oxazole rings is 1. The van der Waals surface area contributed by atoms with E-state index < -0.39 is 0 Å². The summed E-state index contributed by atoms with van der Waals surface area (Å²) >= 11 is 0. The molecule has 0 spiro atoms. The average Bonchev–Trinajstić information content (AvgIpc) is 2.76. The third-order valence-corrected chi connectivity index (χ3v) is 2.93. The van der Waals surface area contributed by atoms with Crippen LogP contribution in [0.15, 0.2) is 34.7 Å². The van der Waals surface area contributed by atoms with Crippen LogP contribution in [0.25, 0.3) is 0 Å². The summed E-state index contributed by atoms with van der Waals surface area (Å²) in [5.41, 5.74) is 1.96. The van der Waals surface area contributed by atoms with E-state index in [1.807, 2.05) is 44.2 Å². The van der Waals surface area contributed by atoms with Crippen LogP contribution in [0, 0.1) is 13.8 Å². The quantitative estimate of drug-likeness (QED) is 0.878.